The van der Waals surface area contributed by atoms with Crippen LogP contribution in [0.5, 0.6) is 0 Å². The van der Waals surface area contributed by atoms with Gasteiger partial charge in [0.2, 0.25) is 0 Å². The van der Waals surface area contributed by atoms with Crippen molar-refractivity contribution in [1.29, 1.82) is 0 Å². The van der Waals surface area contributed by atoms with Crippen LogP contribution in [-0.4, -0.2) is 40.7 Å². The molecule has 2 amide bonds. The number of carboxylic acids is 1. The van der Waals surface area contributed by atoms with Crippen molar-refractivity contribution in [3.05, 3.63) is 0 Å². The average Bonchev–Trinajstić information content (AvgIpc) is 2.96. The Morgan fingerprint density at radius 3 is 2.50 bits per heavy atom. The smallest absolute Gasteiger partial charge is 0.326 e. The lowest BCUT2D eigenvalue weighted by molar-refractivity contribution is -0.141. The van der Waals surface area contributed by atoms with Crippen LogP contribution < -0.4 is 10.6 Å². The van der Waals surface area contributed by atoms with E-state index >= 15 is 0 Å². The number of carbonyl (C=O) groups excluding carboxylic acids is 1. The van der Waals surface area contributed by atoms with E-state index in [1.165, 1.54) is 12.8 Å². The summed E-state index contributed by atoms with van der Waals surface area (Å²) in [7, 11) is 0. The minimum Gasteiger partial charge on any atom is -0.480 e. The van der Waals surface area contributed by atoms with Gasteiger partial charge in [0.05, 0.1) is 0 Å². The Morgan fingerprint density at radius 2 is 1.90 bits per heavy atom. The third-order valence-electron chi connectivity index (χ3n) is 4.19. The standard InChI is InChI=1S/C14H24N2O3S/c17-13(18)12(10-5-2-1-3-6-10)16-14(19)15-9-11-7-4-8-20-11/h10-12H,1-9H2,(H,17,18)(H2,15,16,19). The molecule has 0 bridgehead atoms. The van der Waals surface area contributed by atoms with Gasteiger partial charge in [-0.15, -0.1) is 0 Å². The van der Waals surface area contributed by atoms with Crippen LogP contribution in [0, 0.1) is 5.92 Å². The lowest BCUT2D eigenvalue weighted by atomic mass is 9.84. The van der Waals surface area contributed by atoms with Crippen molar-refractivity contribution in [3.8, 4) is 0 Å². The first-order chi connectivity index (χ1) is 9.66. The molecule has 1 saturated carbocycles. The maximum absolute atomic E-state index is 11.9. The Labute approximate surface area is 124 Å². The van der Waals surface area contributed by atoms with Gasteiger partial charge in [0.15, 0.2) is 0 Å². The maximum atomic E-state index is 11.9. The largest absolute Gasteiger partial charge is 0.480 e. The van der Waals surface area contributed by atoms with Crippen LogP contribution in [0.25, 0.3) is 0 Å². The van der Waals surface area contributed by atoms with Crippen LogP contribution in [-0.2, 0) is 4.79 Å². The number of carboxylic acid groups (broad SMARTS) is 1. The zero-order valence-corrected chi connectivity index (χ0v) is 12.6. The van der Waals surface area contributed by atoms with Gasteiger partial charge in [0.25, 0.3) is 0 Å². The zero-order valence-electron chi connectivity index (χ0n) is 11.8. The predicted molar refractivity (Wildman–Crippen MR) is 80.0 cm³/mol. The number of nitrogens with one attached hydrogen (secondary N) is 2. The van der Waals surface area contributed by atoms with Crippen molar-refractivity contribution < 1.29 is 14.7 Å². The molecule has 1 aliphatic carbocycles. The topological polar surface area (TPSA) is 78.4 Å². The van der Waals surface area contributed by atoms with E-state index in [-0.39, 0.29) is 11.9 Å². The van der Waals surface area contributed by atoms with Gasteiger partial charge in [0, 0.05) is 11.8 Å². The molecule has 2 unspecified atom stereocenters. The number of urea groups is 1. The van der Waals surface area contributed by atoms with Crippen LogP contribution >= 0.6 is 11.8 Å². The molecule has 2 atom stereocenters. The molecule has 1 aliphatic heterocycles. The van der Waals surface area contributed by atoms with Gasteiger partial charge in [-0.05, 0) is 37.4 Å². The lowest BCUT2D eigenvalue weighted by Gasteiger charge is -2.28. The van der Waals surface area contributed by atoms with E-state index in [2.05, 4.69) is 10.6 Å². The monoisotopic (exact) mass is 300 g/mol. The summed E-state index contributed by atoms with van der Waals surface area (Å²) >= 11 is 1.88. The van der Waals surface area contributed by atoms with Crippen LogP contribution in [0.4, 0.5) is 4.79 Å². The molecule has 0 spiro atoms. The van der Waals surface area contributed by atoms with Gasteiger partial charge < -0.3 is 15.7 Å². The third-order valence-corrected chi connectivity index (χ3v) is 5.59. The first-order valence-corrected chi connectivity index (χ1v) is 8.60. The lowest BCUT2D eigenvalue weighted by Crippen LogP contribution is -2.51. The highest BCUT2D eigenvalue weighted by molar-refractivity contribution is 8.00. The summed E-state index contributed by atoms with van der Waals surface area (Å²) in [6, 6.07) is -1.08. The molecular formula is C14H24N2O3S. The van der Waals surface area contributed by atoms with E-state index in [1.54, 1.807) is 0 Å². The van der Waals surface area contributed by atoms with Crippen molar-refractivity contribution >= 4 is 23.8 Å². The summed E-state index contributed by atoms with van der Waals surface area (Å²) in [5.74, 6) is 0.323. The number of aliphatic carboxylic acids is 1. The highest BCUT2D eigenvalue weighted by Gasteiger charge is 2.30. The number of rotatable bonds is 5. The molecule has 1 saturated heterocycles. The number of carbonyl (C=O) groups is 2. The predicted octanol–water partition coefficient (Wildman–Crippen LogP) is 2.21. The van der Waals surface area contributed by atoms with E-state index in [9.17, 15) is 14.7 Å². The van der Waals surface area contributed by atoms with Crippen molar-refractivity contribution in [2.45, 2.75) is 56.2 Å². The second kappa shape index (κ2) is 7.76. The molecule has 20 heavy (non-hydrogen) atoms. The van der Waals surface area contributed by atoms with Gasteiger partial charge in [-0.1, -0.05) is 19.3 Å². The Morgan fingerprint density at radius 1 is 1.15 bits per heavy atom. The Bertz CT molecular complexity index is 339. The summed E-state index contributed by atoms with van der Waals surface area (Å²) in [5.41, 5.74) is 0. The SMILES string of the molecule is O=C(NCC1CCCS1)NC(C(=O)O)C1CCCCC1. The van der Waals surface area contributed by atoms with Crippen LogP contribution in [0.3, 0.4) is 0 Å². The molecule has 2 rings (SSSR count). The molecule has 1 heterocycles. The molecule has 114 valence electrons. The molecule has 0 aromatic heterocycles. The van der Waals surface area contributed by atoms with E-state index in [0.29, 0.717) is 11.8 Å². The van der Waals surface area contributed by atoms with Crippen molar-refractivity contribution in [1.82, 2.24) is 10.6 Å². The van der Waals surface area contributed by atoms with E-state index in [1.807, 2.05) is 11.8 Å². The molecule has 3 N–H and O–H groups in total. The summed E-state index contributed by atoms with van der Waals surface area (Å²) < 4.78 is 0. The van der Waals surface area contributed by atoms with Crippen LogP contribution in [0.2, 0.25) is 0 Å². The molecule has 0 radical (unpaired) electrons. The normalized spacial score (nSPS) is 25.1. The van der Waals surface area contributed by atoms with Crippen molar-refractivity contribution in [2.24, 2.45) is 5.92 Å². The molecule has 2 fully saturated rings. The van der Waals surface area contributed by atoms with Gasteiger partial charge >= 0.3 is 12.0 Å². The van der Waals surface area contributed by atoms with E-state index in [4.69, 9.17) is 0 Å². The van der Waals surface area contributed by atoms with Gasteiger partial charge in [-0.3, -0.25) is 0 Å². The minimum atomic E-state index is -0.915. The molecule has 6 heteroatoms. The van der Waals surface area contributed by atoms with E-state index in [0.717, 1.165) is 37.9 Å². The Kier molecular flexibility index (Phi) is 6.01. The fourth-order valence-electron chi connectivity index (χ4n) is 3.05. The van der Waals surface area contributed by atoms with Gasteiger partial charge in [-0.25, -0.2) is 9.59 Å². The molecule has 5 nitrogen and oxygen atoms in total. The molecule has 0 aromatic carbocycles. The van der Waals surface area contributed by atoms with Crippen molar-refractivity contribution in [3.63, 3.8) is 0 Å². The number of hydrogen-bond acceptors (Lipinski definition) is 3. The quantitative estimate of drug-likeness (QED) is 0.727. The summed E-state index contributed by atoms with van der Waals surface area (Å²) in [6.45, 7) is 0.632. The number of hydrogen-bond donors (Lipinski definition) is 3. The summed E-state index contributed by atoms with van der Waals surface area (Å²) in [4.78, 5) is 23.2. The fraction of sp³-hybridized carbons (Fsp3) is 0.857. The second-order valence-corrected chi connectivity index (χ2v) is 7.11. The van der Waals surface area contributed by atoms with Crippen LogP contribution in [0.1, 0.15) is 44.9 Å². The fourth-order valence-corrected chi connectivity index (χ4v) is 4.25. The average molecular weight is 300 g/mol. The maximum Gasteiger partial charge on any atom is 0.326 e. The first kappa shape index (κ1) is 15.5. The molecular weight excluding hydrogens is 276 g/mol. The molecule has 0 aromatic rings. The second-order valence-electron chi connectivity index (χ2n) is 5.70. The van der Waals surface area contributed by atoms with Crippen molar-refractivity contribution in [2.75, 3.05) is 12.3 Å². The summed E-state index contributed by atoms with van der Waals surface area (Å²) in [6.07, 6.45) is 7.45. The number of amides is 2. The molecule has 2 aliphatic rings. The minimum absolute atomic E-state index is 0.0767. The Hall–Kier alpha value is -0.910. The number of thioether (sulfide) groups is 1. The Balaban J connectivity index is 1.77. The van der Waals surface area contributed by atoms with Gasteiger partial charge in [0.1, 0.15) is 6.04 Å². The van der Waals surface area contributed by atoms with E-state index < -0.39 is 12.0 Å². The third kappa shape index (κ3) is 4.58. The highest BCUT2D eigenvalue weighted by Crippen LogP contribution is 2.27. The van der Waals surface area contributed by atoms with Gasteiger partial charge in [-0.2, -0.15) is 11.8 Å². The highest BCUT2D eigenvalue weighted by atomic mass is 32.2. The first-order valence-electron chi connectivity index (χ1n) is 7.55. The summed E-state index contributed by atoms with van der Waals surface area (Å²) in [5, 5.41) is 15.3. The zero-order chi connectivity index (χ0) is 14.4. The van der Waals surface area contributed by atoms with Crippen LogP contribution in [0.15, 0.2) is 0 Å².